The molecule has 0 aromatic heterocycles. The standard InChI is InChI=1S/C5H10N2O3/c1-3(9)4(5(6)10)7-2-8/h2-4,9H,1H3,(H2,6,10)(H,7,8)/t3-,4-/m1/s1. The van der Waals surface area contributed by atoms with E-state index in [9.17, 15) is 9.59 Å². The number of nitrogens with two attached hydrogens (primary N) is 1. The number of primary amides is 1. The molecule has 0 aromatic rings. The highest BCUT2D eigenvalue weighted by molar-refractivity contribution is 5.82. The highest BCUT2D eigenvalue weighted by atomic mass is 16.3. The van der Waals surface area contributed by atoms with Gasteiger partial charge in [0.15, 0.2) is 0 Å². The van der Waals surface area contributed by atoms with Gasteiger partial charge in [0.1, 0.15) is 6.04 Å². The molecule has 0 aliphatic carbocycles. The molecule has 0 spiro atoms. The minimum Gasteiger partial charge on any atom is -0.391 e. The summed E-state index contributed by atoms with van der Waals surface area (Å²) < 4.78 is 0. The van der Waals surface area contributed by atoms with Crippen molar-refractivity contribution < 1.29 is 14.7 Å². The lowest BCUT2D eigenvalue weighted by atomic mass is 10.2. The topological polar surface area (TPSA) is 92.4 Å². The average Bonchev–Trinajstić information content (AvgIpc) is 1.81. The van der Waals surface area contributed by atoms with E-state index in [1.165, 1.54) is 6.92 Å². The maximum absolute atomic E-state index is 10.4. The van der Waals surface area contributed by atoms with Crippen LogP contribution in [0.5, 0.6) is 0 Å². The third-order valence-corrected chi connectivity index (χ3v) is 1.04. The Morgan fingerprint density at radius 3 is 2.40 bits per heavy atom. The van der Waals surface area contributed by atoms with Crippen molar-refractivity contribution in [2.45, 2.75) is 19.1 Å². The number of aliphatic hydroxyl groups is 1. The molecule has 0 saturated heterocycles. The molecule has 0 saturated carbocycles. The first kappa shape index (κ1) is 8.90. The van der Waals surface area contributed by atoms with E-state index < -0.39 is 18.1 Å². The zero-order valence-corrected chi connectivity index (χ0v) is 5.57. The van der Waals surface area contributed by atoms with Crippen LogP contribution in [-0.4, -0.2) is 29.6 Å². The van der Waals surface area contributed by atoms with Gasteiger partial charge in [-0.3, -0.25) is 9.59 Å². The summed E-state index contributed by atoms with van der Waals surface area (Å²) >= 11 is 0. The minimum atomic E-state index is -0.988. The van der Waals surface area contributed by atoms with E-state index in [4.69, 9.17) is 10.8 Å². The van der Waals surface area contributed by atoms with Gasteiger partial charge in [0.05, 0.1) is 6.10 Å². The first-order valence-electron chi connectivity index (χ1n) is 2.76. The summed E-state index contributed by atoms with van der Waals surface area (Å²) in [6.45, 7) is 1.37. The monoisotopic (exact) mass is 146 g/mol. The van der Waals surface area contributed by atoms with Crippen molar-refractivity contribution in [3.8, 4) is 0 Å². The van der Waals surface area contributed by atoms with Crippen LogP contribution in [0.15, 0.2) is 0 Å². The van der Waals surface area contributed by atoms with Gasteiger partial charge >= 0.3 is 0 Å². The molecule has 10 heavy (non-hydrogen) atoms. The van der Waals surface area contributed by atoms with Crippen molar-refractivity contribution in [1.29, 1.82) is 0 Å². The number of rotatable bonds is 4. The van der Waals surface area contributed by atoms with Crippen LogP contribution in [0.3, 0.4) is 0 Å². The van der Waals surface area contributed by atoms with Crippen molar-refractivity contribution in [2.24, 2.45) is 5.73 Å². The number of carbonyl (C=O) groups excluding carboxylic acids is 2. The van der Waals surface area contributed by atoms with Gasteiger partial charge in [-0.05, 0) is 6.92 Å². The Bertz CT molecular complexity index is 135. The first-order chi connectivity index (χ1) is 4.59. The molecule has 0 aromatic carbocycles. The third kappa shape index (κ3) is 2.45. The van der Waals surface area contributed by atoms with Gasteiger partial charge in [0.2, 0.25) is 12.3 Å². The molecule has 5 heteroatoms. The summed E-state index contributed by atoms with van der Waals surface area (Å²) in [5.74, 6) is -0.748. The highest BCUT2D eigenvalue weighted by Gasteiger charge is 2.19. The van der Waals surface area contributed by atoms with Crippen molar-refractivity contribution in [3.05, 3.63) is 0 Å². The van der Waals surface area contributed by atoms with Crippen molar-refractivity contribution in [2.75, 3.05) is 0 Å². The number of aliphatic hydroxyl groups excluding tert-OH is 1. The first-order valence-corrected chi connectivity index (χ1v) is 2.76. The Labute approximate surface area is 58.2 Å². The molecular formula is C5H10N2O3. The SMILES string of the molecule is C[C@@H](O)[C@@H](NC=O)C(N)=O. The molecule has 4 N–H and O–H groups in total. The van der Waals surface area contributed by atoms with Gasteiger partial charge in [0.25, 0.3) is 0 Å². The number of hydrogen-bond donors (Lipinski definition) is 3. The second-order valence-electron chi connectivity index (χ2n) is 1.91. The van der Waals surface area contributed by atoms with Crippen LogP contribution < -0.4 is 11.1 Å². The molecule has 0 rings (SSSR count). The van der Waals surface area contributed by atoms with Crippen molar-refractivity contribution >= 4 is 12.3 Å². The number of amides is 2. The van der Waals surface area contributed by atoms with E-state index in [0.717, 1.165) is 0 Å². The zero-order chi connectivity index (χ0) is 8.15. The van der Waals surface area contributed by atoms with E-state index in [0.29, 0.717) is 6.41 Å². The lowest BCUT2D eigenvalue weighted by molar-refractivity contribution is -0.125. The fourth-order valence-corrected chi connectivity index (χ4v) is 0.532. The van der Waals surface area contributed by atoms with Crippen LogP contribution in [0, 0.1) is 0 Å². The summed E-state index contributed by atoms with van der Waals surface area (Å²) in [6.07, 6.45) is -0.634. The third-order valence-electron chi connectivity index (χ3n) is 1.04. The molecule has 2 amide bonds. The minimum absolute atomic E-state index is 0.322. The van der Waals surface area contributed by atoms with Crippen LogP contribution in [0.2, 0.25) is 0 Å². The Hall–Kier alpha value is -1.10. The van der Waals surface area contributed by atoms with E-state index >= 15 is 0 Å². The summed E-state index contributed by atoms with van der Waals surface area (Å²) in [6, 6.07) is -0.988. The molecule has 0 radical (unpaired) electrons. The summed E-state index contributed by atoms with van der Waals surface area (Å²) in [5.41, 5.74) is 4.80. The molecule has 0 unspecified atom stereocenters. The van der Waals surface area contributed by atoms with E-state index in [-0.39, 0.29) is 0 Å². The Morgan fingerprint density at radius 2 is 2.30 bits per heavy atom. The normalized spacial score (nSPS) is 15.4. The summed E-state index contributed by atoms with van der Waals surface area (Å²) in [7, 11) is 0. The van der Waals surface area contributed by atoms with Crippen LogP contribution in [0.25, 0.3) is 0 Å². The van der Waals surface area contributed by atoms with Gasteiger partial charge in [0, 0.05) is 0 Å². The van der Waals surface area contributed by atoms with Gasteiger partial charge in [-0.25, -0.2) is 0 Å². The van der Waals surface area contributed by atoms with Gasteiger partial charge in [-0.1, -0.05) is 0 Å². The molecule has 0 heterocycles. The van der Waals surface area contributed by atoms with Crippen molar-refractivity contribution in [3.63, 3.8) is 0 Å². The largest absolute Gasteiger partial charge is 0.391 e. The van der Waals surface area contributed by atoms with E-state index in [2.05, 4.69) is 5.32 Å². The van der Waals surface area contributed by atoms with Crippen LogP contribution in [0.1, 0.15) is 6.92 Å². The van der Waals surface area contributed by atoms with Crippen LogP contribution in [0.4, 0.5) is 0 Å². The summed E-state index contributed by atoms with van der Waals surface area (Å²) in [4.78, 5) is 20.2. The number of carbonyl (C=O) groups is 2. The van der Waals surface area contributed by atoms with E-state index in [1.807, 2.05) is 0 Å². The zero-order valence-electron chi connectivity index (χ0n) is 5.57. The molecular weight excluding hydrogens is 136 g/mol. The fraction of sp³-hybridized carbons (Fsp3) is 0.600. The quantitative estimate of drug-likeness (QED) is 0.399. The smallest absolute Gasteiger partial charge is 0.242 e. The molecule has 0 aliphatic heterocycles. The molecule has 0 bridgehead atoms. The van der Waals surface area contributed by atoms with Gasteiger partial charge in [-0.2, -0.15) is 0 Å². The Morgan fingerprint density at radius 1 is 1.80 bits per heavy atom. The Kier molecular flexibility index (Phi) is 3.42. The van der Waals surface area contributed by atoms with Crippen LogP contribution >= 0.6 is 0 Å². The maximum Gasteiger partial charge on any atom is 0.242 e. The summed E-state index contributed by atoms with van der Waals surface area (Å²) in [5, 5.41) is 10.9. The number of nitrogens with one attached hydrogen (secondary N) is 1. The van der Waals surface area contributed by atoms with Gasteiger partial charge in [-0.15, -0.1) is 0 Å². The lowest BCUT2D eigenvalue weighted by Crippen LogP contribution is -2.47. The molecule has 0 aliphatic rings. The predicted octanol–water partition coefficient (Wildman–Crippen LogP) is -2.03. The van der Waals surface area contributed by atoms with Crippen LogP contribution in [-0.2, 0) is 9.59 Å². The predicted molar refractivity (Wildman–Crippen MR) is 33.9 cm³/mol. The molecule has 58 valence electrons. The molecule has 5 nitrogen and oxygen atoms in total. The molecule has 0 fully saturated rings. The van der Waals surface area contributed by atoms with E-state index in [1.54, 1.807) is 0 Å². The average molecular weight is 146 g/mol. The van der Waals surface area contributed by atoms with Crippen molar-refractivity contribution in [1.82, 2.24) is 5.32 Å². The Balaban J connectivity index is 3.97. The maximum atomic E-state index is 10.4. The second kappa shape index (κ2) is 3.84. The number of hydrogen-bond acceptors (Lipinski definition) is 3. The lowest BCUT2D eigenvalue weighted by Gasteiger charge is -2.13. The second-order valence-corrected chi connectivity index (χ2v) is 1.91. The molecule has 2 atom stereocenters. The highest BCUT2D eigenvalue weighted by Crippen LogP contribution is 1.88. The van der Waals surface area contributed by atoms with Gasteiger partial charge < -0.3 is 16.2 Å². The fourth-order valence-electron chi connectivity index (χ4n) is 0.532.